The van der Waals surface area contributed by atoms with Crippen LogP contribution in [0.3, 0.4) is 0 Å². The quantitative estimate of drug-likeness (QED) is 0.916. The lowest BCUT2D eigenvalue weighted by molar-refractivity contribution is 0.250. The third-order valence-corrected chi connectivity index (χ3v) is 4.72. The second kappa shape index (κ2) is 6.78. The summed E-state index contributed by atoms with van der Waals surface area (Å²) in [4.78, 5) is 4.75. The lowest BCUT2D eigenvalue weighted by Gasteiger charge is -2.36. The molecule has 1 fully saturated rings. The van der Waals surface area contributed by atoms with E-state index in [1.807, 2.05) is 30.3 Å². The highest BCUT2D eigenvalue weighted by Gasteiger charge is 2.17. The molecule has 0 radical (unpaired) electrons. The summed E-state index contributed by atoms with van der Waals surface area (Å²) < 4.78 is 0. The van der Waals surface area contributed by atoms with E-state index < -0.39 is 0 Å². The minimum Gasteiger partial charge on any atom is -0.508 e. The van der Waals surface area contributed by atoms with Gasteiger partial charge in [-0.3, -0.25) is 4.90 Å². The van der Waals surface area contributed by atoms with Gasteiger partial charge in [-0.25, -0.2) is 0 Å². The number of halogens is 2. The maximum absolute atomic E-state index is 9.36. The first kappa shape index (κ1) is 15.5. The Hall–Kier alpha value is -1.42. The van der Waals surface area contributed by atoms with Crippen LogP contribution in [0.4, 0.5) is 5.69 Å². The van der Waals surface area contributed by atoms with E-state index in [2.05, 4.69) is 9.80 Å². The molecule has 1 heterocycles. The van der Waals surface area contributed by atoms with Gasteiger partial charge >= 0.3 is 0 Å². The van der Waals surface area contributed by atoms with Gasteiger partial charge in [0.15, 0.2) is 0 Å². The SMILES string of the molecule is Oc1ccc(N2CCN(Cc3ccc(Cl)c(Cl)c3)CC2)cc1. The number of anilines is 1. The highest BCUT2D eigenvalue weighted by Crippen LogP contribution is 2.24. The van der Waals surface area contributed by atoms with E-state index in [0.717, 1.165) is 38.4 Å². The summed E-state index contributed by atoms with van der Waals surface area (Å²) in [6, 6.07) is 13.2. The van der Waals surface area contributed by atoms with Crippen molar-refractivity contribution in [3.8, 4) is 5.75 Å². The van der Waals surface area contributed by atoms with Crippen LogP contribution in [0.5, 0.6) is 5.75 Å². The van der Waals surface area contributed by atoms with Crippen LogP contribution in [0.1, 0.15) is 5.56 Å². The van der Waals surface area contributed by atoms with Crippen molar-refractivity contribution in [2.24, 2.45) is 0 Å². The third-order valence-electron chi connectivity index (χ3n) is 3.98. The van der Waals surface area contributed by atoms with Crippen molar-refractivity contribution in [2.75, 3.05) is 31.1 Å². The van der Waals surface area contributed by atoms with Crippen LogP contribution in [0.25, 0.3) is 0 Å². The van der Waals surface area contributed by atoms with E-state index in [1.54, 1.807) is 12.1 Å². The molecule has 22 heavy (non-hydrogen) atoms. The Labute approximate surface area is 140 Å². The molecule has 1 aliphatic heterocycles. The van der Waals surface area contributed by atoms with Gasteiger partial charge in [-0.2, -0.15) is 0 Å². The van der Waals surface area contributed by atoms with Crippen LogP contribution in [-0.2, 0) is 6.54 Å². The minimum absolute atomic E-state index is 0.307. The molecule has 0 aromatic heterocycles. The first-order valence-corrected chi connectivity index (χ1v) is 8.08. The minimum atomic E-state index is 0.307. The van der Waals surface area contributed by atoms with Crippen LogP contribution in [0, 0.1) is 0 Å². The standard InChI is InChI=1S/C17H18Cl2N2O/c18-16-6-1-13(11-17(16)19)12-20-7-9-21(10-8-20)14-2-4-15(22)5-3-14/h1-6,11,22H,7-10,12H2. The van der Waals surface area contributed by atoms with Gasteiger partial charge < -0.3 is 10.0 Å². The van der Waals surface area contributed by atoms with E-state index in [0.29, 0.717) is 15.8 Å². The molecule has 0 aliphatic carbocycles. The molecular weight excluding hydrogens is 319 g/mol. The monoisotopic (exact) mass is 336 g/mol. The fourth-order valence-corrected chi connectivity index (χ4v) is 3.04. The molecule has 2 aromatic carbocycles. The Kier molecular flexibility index (Phi) is 4.77. The average molecular weight is 337 g/mol. The molecule has 0 unspecified atom stereocenters. The van der Waals surface area contributed by atoms with Crippen molar-refractivity contribution in [3.63, 3.8) is 0 Å². The van der Waals surface area contributed by atoms with Crippen LogP contribution < -0.4 is 4.90 Å². The second-order valence-electron chi connectivity index (χ2n) is 5.53. The zero-order valence-corrected chi connectivity index (χ0v) is 13.7. The van der Waals surface area contributed by atoms with Crippen LogP contribution in [0.2, 0.25) is 10.0 Å². The summed E-state index contributed by atoms with van der Waals surface area (Å²) in [6.45, 7) is 4.85. The van der Waals surface area contributed by atoms with Crippen molar-refractivity contribution in [3.05, 3.63) is 58.1 Å². The summed E-state index contributed by atoms with van der Waals surface area (Å²) in [6.07, 6.45) is 0. The molecule has 2 aromatic rings. The molecule has 5 heteroatoms. The number of phenolic OH excluding ortho intramolecular Hbond substituents is 1. The molecule has 1 aliphatic rings. The van der Waals surface area contributed by atoms with Gasteiger partial charge in [-0.05, 0) is 42.0 Å². The molecule has 0 atom stereocenters. The van der Waals surface area contributed by atoms with Crippen LogP contribution in [0.15, 0.2) is 42.5 Å². The predicted molar refractivity (Wildman–Crippen MR) is 92.1 cm³/mol. The largest absolute Gasteiger partial charge is 0.508 e. The first-order chi connectivity index (χ1) is 10.6. The molecular formula is C17H18Cl2N2O. The Balaban J connectivity index is 1.57. The smallest absolute Gasteiger partial charge is 0.115 e. The highest BCUT2D eigenvalue weighted by atomic mass is 35.5. The molecule has 116 valence electrons. The summed E-state index contributed by atoms with van der Waals surface area (Å²) in [5, 5.41) is 10.6. The average Bonchev–Trinajstić information content (AvgIpc) is 2.53. The van der Waals surface area contributed by atoms with Crippen molar-refractivity contribution >= 4 is 28.9 Å². The molecule has 3 rings (SSSR count). The summed E-state index contributed by atoms with van der Waals surface area (Å²) >= 11 is 12.0. The van der Waals surface area contributed by atoms with Crippen LogP contribution in [-0.4, -0.2) is 36.2 Å². The van der Waals surface area contributed by atoms with Gasteiger partial charge in [0.2, 0.25) is 0 Å². The van der Waals surface area contributed by atoms with Gasteiger partial charge in [0.05, 0.1) is 10.0 Å². The number of hydrogen-bond acceptors (Lipinski definition) is 3. The molecule has 0 amide bonds. The van der Waals surface area contributed by atoms with E-state index in [4.69, 9.17) is 23.2 Å². The van der Waals surface area contributed by atoms with Crippen LogP contribution >= 0.6 is 23.2 Å². The zero-order chi connectivity index (χ0) is 15.5. The number of rotatable bonds is 3. The molecule has 1 saturated heterocycles. The molecule has 0 spiro atoms. The highest BCUT2D eigenvalue weighted by molar-refractivity contribution is 6.42. The Morgan fingerprint density at radius 3 is 2.18 bits per heavy atom. The van der Waals surface area contributed by atoms with Gasteiger partial charge in [0.1, 0.15) is 5.75 Å². The second-order valence-corrected chi connectivity index (χ2v) is 6.34. The zero-order valence-electron chi connectivity index (χ0n) is 12.2. The number of nitrogens with zero attached hydrogens (tertiary/aromatic N) is 2. The van der Waals surface area contributed by atoms with Gasteiger partial charge in [0, 0.05) is 38.4 Å². The fraction of sp³-hybridized carbons (Fsp3) is 0.294. The number of piperazine rings is 1. The van der Waals surface area contributed by atoms with E-state index in [1.165, 1.54) is 5.56 Å². The summed E-state index contributed by atoms with van der Waals surface area (Å²) in [5.41, 5.74) is 2.35. The molecule has 0 bridgehead atoms. The summed E-state index contributed by atoms with van der Waals surface area (Å²) in [7, 11) is 0. The van der Waals surface area contributed by atoms with Gasteiger partial charge in [-0.1, -0.05) is 29.3 Å². The third kappa shape index (κ3) is 3.67. The summed E-state index contributed by atoms with van der Waals surface area (Å²) in [5.74, 6) is 0.307. The number of aromatic hydroxyl groups is 1. The van der Waals surface area contributed by atoms with Gasteiger partial charge in [0.25, 0.3) is 0 Å². The maximum atomic E-state index is 9.36. The normalized spacial score (nSPS) is 16.0. The number of benzene rings is 2. The number of phenols is 1. The first-order valence-electron chi connectivity index (χ1n) is 7.32. The molecule has 3 nitrogen and oxygen atoms in total. The van der Waals surface area contributed by atoms with E-state index in [-0.39, 0.29) is 0 Å². The Bertz CT molecular complexity index is 638. The lowest BCUT2D eigenvalue weighted by atomic mass is 10.2. The predicted octanol–water partition coefficient (Wildman–Crippen LogP) is 4.02. The van der Waals surface area contributed by atoms with Crippen molar-refractivity contribution in [2.45, 2.75) is 6.54 Å². The number of hydrogen-bond donors (Lipinski definition) is 1. The topological polar surface area (TPSA) is 26.7 Å². The van der Waals surface area contributed by atoms with E-state index in [9.17, 15) is 5.11 Å². The van der Waals surface area contributed by atoms with E-state index >= 15 is 0 Å². The Morgan fingerprint density at radius 1 is 0.864 bits per heavy atom. The Morgan fingerprint density at radius 2 is 1.55 bits per heavy atom. The maximum Gasteiger partial charge on any atom is 0.115 e. The molecule has 0 saturated carbocycles. The fourth-order valence-electron chi connectivity index (χ4n) is 2.72. The molecule has 1 N–H and O–H groups in total. The van der Waals surface area contributed by atoms with Gasteiger partial charge in [-0.15, -0.1) is 0 Å². The van der Waals surface area contributed by atoms with Crippen molar-refractivity contribution in [1.29, 1.82) is 0 Å². The lowest BCUT2D eigenvalue weighted by Crippen LogP contribution is -2.45. The van der Waals surface area contributed by atoms with Crippen molar-refractivity contribution in [1.82, 2.24) is 4.90 Å². The van der Waals surface area contributed by atoms with Crippen molar-refractivity contribution < 1.29 is 5.11 Å².